The van der Waals surface area contributed by atoms with Gasteiger partial charge in [0.05, 0.1) is 11.3 Å². The van der Waals surface area contributed by atoms with Gasteiger partial charge in [0.15, 0.2) is 0 Å². The minimum atomic E-state index is -0.876. The molecule has 2 aromatic carbocycles. The molecular formula is C23H29FN2O2. The lowest BCUT2D eigenvalue weighted by atomic mass is 9.83. The molecule has 2 aliphatic rings. The van der Waals surface area contributed by atoms with Crippen LogP contribution in [0, 0.1) is 5.82 Å². The summed E-state index contributed by atoms with van der Waals surface area (Å²) in [5.41, 5.74) is 1.84. The summed E-state index contributed by atoms with van der Waals surface area (Å²) < 4.78 is 20.0. The highest BCUT2D eigenvalue weighted by Crippen LogP contribution is 2.37. The van der Waals surface area contributed by atoms with Crippen LogP contribution < -0.4 is 9.64 Å². The first-order chi connectivity index (χ1) is 13.6. The molecule has 2 aliphatic heterocycles. The molecule has 150 valence electrons. The fourth-order valence-corrected chi connectivity index (χ4v) is 4.36. The fraction of sp³-hybridized carbons (Fsp3) is 0.478. The molecule has 0 unspecified atom stereocenters. The van der Waals surface area contributed by atoms with Gasteiger partial charge in [-0.2, -0.15) is 0 Å². The number of hydrogen-bond donors (Lipinski definition) is 1. The standard InChI is InChI=1S/C23H29FN2O2/c1-2-11-25-14-15-28-22-8-7-19(16-18(22)17-25)23(27)9-12-26(13-10-23)21-6-4-3-5-20(21)24/h3-8,16,27H,2,9-15,17H2,1H3. The van der Waals surface area contributed by atoms with E-state index in [0.717, 1.165) is 42.9 Å². The highest BCUT2D eigenvalue weighted by Gasteiger charge is 2.35. The molecule has 1 saturated heterocycles. The summed E-state index contributed by atoms with van der Waals surface area (Å²) in [5.74, 6) is 0.723. The summed E-state index contributed by atoms with van der Waals surface area (Å²) in [5, 5.41) is 11.3. The Balaban J connectivity index is 1.51. The molecule has 28 heavy (non-hydrogen) atoms. The maximum absolute atomic E-state index is 14.1. The molecule has 0 saturated carbocycles. The zero-order chi connectivity index (χ0) is 19.6. The Labute approximate surface area is 166 Å². The first kappa shape index (κ1) is 19.2. The Kier molecular flexibility index (Phi) is 5.56. The van der Waals surface area contributed by atoms with Crippen molar-refractivity contribution in [1.82, 2.24) is 4.90 Å². The molecule has 2 aromatic rings. The Morgan fingerprint density at radius 3 is 2.64 bits per heavy atom. The molecule has 4 nitrogen and oxygen atoms in total. The molecule has 1 N–H and O–H groups in total. The van der Waals surface area contributed by atoms with Gasteiger partial charge >= 0.3 is 0 Å². The number of fused-ring (bicyclic) bond motifs is 1. The molecule has 0 amide bonds. The van der Waals surface area contributed by atoms with Crippen molar-refractivity contribution < 1.29 is 14.2 Å². The molecule has 2 heterocycles. The number of para-hydroxylation sites is 1. The van der Waals surface area contributed by atoms with Gasteiger partial charge in [-0.3, -0.25) is 4.90 Å². The van der Waals surface area contributed by atoms with E-state index in [0.29, 0.717) is 38.2 Å². The lowest BCUT2D eigenvalue weighted by molar-refractivity contribution is 0.0115. The van der Waals surface area contributed by atoms with Gasteiger partial charge in [-0.15, -0.1) is 0 Å². The number of hydrogen-bond acceptors (Lipinski definition) is 4. The Bertz CT molecular complexity index is 818. The maximum atomic E-state index is 14.1. The fourth-order valence-electron chi connectivity index (χ4n) is 4.36. The zero-order valence-corrected chi connectivity index (χ0v) is 16.5. The van der Waals surface area contributed by atoms with Gasteiger partial charge < -0.3 is 14.7 Å². The van der Waals surface area contributed by atoms with E-state index in [1.54, 1.807) is 6.07 Å². The zero-order valence-electron chi connectivity index (χ0n) is 16.5. The second-order valence-electron chi connectivity index (χ2n) is 7.92. The first-order valence-corrected chi connectivity index (χ1v) is 10.3. The number of nitrogens with zero attached hydrogens (tertiary/aromatic N) is 2. The van der Waals surface area contributed by atoms with E-state index in [1.165, 1.54) is 6.07 Å². The van der Waals surface area contributed by atoms with Crippen molar-refractivity contribution >= 4 is 5.69 Å². The number of halogens is 1. The molecule has 0 aromatic heterocycles. The van der Waals surface area contributed by atoms with E-state index in [2.05, 4.69) is 17.9 Å². The smallest absolute Gasteiger partial charge is 0.146 e. The molecule has 0 spiro atoms. The number of piperidine rings is 1. The second-order valence-corrected chi connectivity index (χ2v) is 7.92. The van der Waals surface area contributed by atoms with Crippen molar-refractivity contribution in [1.29, 1.82) is 0 Å². The minimum Gasteiger partial charge on any atom is -0.492 e. The third-order valence-corrected chi connectivity index (χ3v) is 5.98. The Morgan fingerprint density at radius 1 is 1.11 bits per heavy atom. The van der Waals surface area contributed by atoms with E-state index in [9.17, 15) is 9.50 Å². The van der Waals surface area contributed by atoms with Crippen LogP contribution in [0.15, 0.2) is 42.5 Å². The van der Waals surface area contributed by atoms with Crippen LogP contribution in [-0.2, 0) is 12.1 Å². The molecule has 0 aliphatic carbocycles. The van der Waals surface area contributed by atoms with Crippen molar-refractivity contribution in [3.8, 4) is 5.75 Å². The summed E-state index contributed by atoms with van der Waals surface area (Å²) in [6.07, 6.45) is 2.28. The lowest BCUT2D eigenvalue weighted by Gasteiger charge is -2.40. The van der Waals surface area contributed by atoms with Crippen LogP contribution in [0.1, 0.15) is 37.3 Å². The summed E-state index contributed by atoms with van der Waals surface area (Å²) >= 11 is 0. The number of ether oxygens (including phenoxy) is 1. The SMILES string of the molecule is CCCN1CCOc2ccc(C3(O)CCN(c4ccccc4F)CC3)cc2C1. The van der Waals surface area contributed by atoms with Gasteiger partial charge in [0.1, 0.15) is 18.2 Å². The molecular weight excluding hydrogens is 355 g/mol. The predicted octanol–water partition coefficient (Wildman–Crippen LogP) is 3.92. The van der Waals surface area contributed by atoms with Crippen molar-refractivity contribution in [3.63, 3.8) is 0 Å². The van der Waals surface area contributed by atoms with Crippen LogP contribution in [0.4, 0.5) is 10.1 Å². The van der Waals surface area contributed by atoms with Crippen LogP contribution >= 0.6 is 0 Å². The number of aliphatic hydroxyl groups is 1. The minimum absolute atomic E-state index is 0.203. The largest absolute Gasteiger partial charge is 0.492 e. The van der Waals surface area contributed by atoms with Gasteiger partial charge in [0, 0.05) is 31.7 Å². The van der Waals surface area contributed by atoms with E-state index in [4.69, 9.17) is 4.74 Å². The summed E-state index contributed by atoms with van der Waals surface area (Å²) in [7, 11) is 0. The maximum Gasteiger partial charge on any atom is 0.146 e. The first-order valence-electron chi connectivity index (χ1n) is 10.3. The van der Waals surface area contributed by atoms with Crippen LogP contribution in [-0.4, -0.2) is 42.8 Å². The van der Waals surface area contributed by atoms with Crippen LogP contribution in [0.25, 0.3) is 0 Å². The molecule has 5 heteroatoms. The van der Waals surface area contributed by atoms with Crippen molar-refractivity contribution in [3.05, 3.63) is 59.4 Å². The van der Waals surface area contributed by atoms with Gasteiger partial charge in [-0.05, 0) is 55.6 Å². The monoisotopic (exact) mass is 384 g/mol. The van der Waals surface area contributed by atoms with Crippen LogP contribution in [0.5, 0.6) is 5.75 Å². The number of rotatable bonds is 4. The average Bonchev–Trinajstić information content (AvgIpc) is 2.91. The van der Waals surface area contributed by atoms with Crippen molar-refractivity contribution in [2.24, 2.45) is 0 Å². The van der Waals surface area contributed by atoms with Crippen LogP contribution in [0.3, 0.4) is 0 Å². The average molecular weight is 384 g/mol. The second kappa shape index (κ2) is 8.10. The number of benzene rings is 2. The lowest BCUT2D eigenvalue weighted by Crippen LogP contribution is -2.43. The third-order valence-electron chi connectivity index (χ3n) is 5.98. The summed E-state index contributed by atoms with van der Waals surface area (Å²) in [6, 6.07) is 13.0. The quantitative estimate of drug-likeness (QED) is 0.867. The van der Waals surface area contributed by atoms with E-state index in [1.807, 2.05) is 29.2 Å². The van der Waals surface area contributed by atoms with Gasteiger partial charge in [0.2, 0.25) is 0 Å². The molecule has 0 atom stereocenters. The van der Waals surface area contributed by atoms with Crippen LogP contribution in [0.2, 0.25) is 0 Å². The Hall–Kier alpha value is -2.11. The molecule has 0 bridgehead atoms. The summed E-state index contributed by atoms with van der Waals surface area (Å²) in [6.45, 7) is 6.99. The number of anilines is 1. The normalized spacial score (nSPS) is 19.6. The highest BCUT2D eigenvalue weighted by atomic mass is 19.1. The topological polar surface area (TPSA) is 35.9 Å². The van der Waals surface area contributed by atoms with Gasteiger partial charge in [-0.25, -0.2) is 4.39 Å². The Morgan fingerprint density at radius 2 is 1.89 bits per heavy atom. The molecule has 1 fully saturated rings. The molecule has 4 rings (SSSR count). The van der Waals surface area contributed by atoms with E-state index in [-0.39, 0.29) is 5.82 Å². The van der Waals surface area contributed by atoms with Gasteiger partial charge in [-0.1, -0.05) is 25.1 Å². The highest BCUT2D eigenvalue weighted by molar-refractivity contribution is 5.49. The predicted molar refractivity (Wildman–Crippen MR) is 109 cm³/mol. The van der Waals surface area contributed by atoms with E-state index >= 15 is 0 Å². The van der Waals surface area contributed by atoms with E-state index < -0.39 is 5.60 Å². The van der Waals surface area contributed by atoms with Crippen molar-refractivity contribution in [2.75, 3.05) is 37.7 Å². The molecule has 0 radical (unpaired) electrons. The van der Waals surface area contributed by atoms with Gasteiger partial charge in [0.25, 0.3) is 0 Å². The summed E-state index contributed by atoms with van der Waals surface area (Å²) in [4.78, 5) is 4.43. The third kappa shape index (κ3) is 3.87. The van der Waals surface area contributed by atoms with Crippen molar-refractivity contribution in [2.45, 2.75) is 38.3 Å².